The molecule has 2 rings (SSSR count). The summed E-state index contributed by atoms with van der Waals surface area (Å²) in [5.74, 6) is 1.68. The Kier molecular flexibility index (Phi) is 2.36. The molecule has 1 aromatic carbocycles. The van der Waals surface area contributed by atoms with Gasteiger partial charge in [-0.15, -0.1) is 0 Å². The van der Waals surface area contributed by atoms with Crippen LogP contribution in [0.25, 0.3) is 0 Å². The Bertz CT molecular complexity index is 293. The third-order valence-electron chi connectivity index (χ3n) is 2.93. The van der Waals surface area contributed by atoms with Crippen molar-refractivity contribution in [2.75, 3.05) is 6.54 Å². The molecule has 1 aromatic rings. The van der Waals surface area contributed by atoms with Gasteiger partial charge < -0.3 is 5.73 Å². The van der Waals surface area contributed by atoms with Crippen LogP contribution in [0.1, 0.15) is 29.9 Å². The van der Waals surface area contributed by atoms with Crippen molar-refractivity contribution in [2.45, 2.75) is 25.7 Å². The van der Waals surface area contributed by atoms with Crippen LogP contribution in [0.3, 0.4) is 0 Å². The molecule has 2 unspecified atom stereocenters. The van der Waals surface area contributed by atoms with Gasteiger partial charge in [-0.1, -0.05) is 29.8 Å². The van der Waals surface area contributed by atoms with Crippen LogP contribution in [0.15, 0.2) is 24.3 Å². The lowest BCUT2D eigenvalue weighted by Crippen LogP contribution is -1.99. The Balaban J connectivity index is 2.03. The summed E-state index contributed by atoms with van der Waals surface area (Å²) in [4.78, 5) is 0. The number of rotatable bonds is 3. The van der Waals surface area contributed by atoms with Gasteiger partial charge in [-0.25, -0.2) is 0 Å². The Hall–Kier alpha value is -0.820. The van der Waals surface area contributed by atoms with Gasteiger partial charge >= 0.3 is 0 Å². The maximum absolute atomic E-state index is 5.54. The molecule has 0 amide bonds. The molecule has 2 atom stereocenters. The number of hydrogen-bond acceptors (Lipinski definition) is 1. The van der Waals surface area contributed by atoms with Gasteiger partial charge in [0.25, 0.3) is 0 Å². The fourth-order valence-corrected chi connectivity index (χ4v) is 2.09. The van der Waals surface area contributed by atoms with E-state index in [1.165, 1.54) is 24.0 Å². The molecule has 1 saturated carbocycles. The molecular weight excluding hydrogens is 158 g/mol. The molecule has 1 aliphatic rings. The smallest absolute Gasteiger partial charge is 0.00744 e. The topological polar surface area (TPSA) is 26.0 Å². The second-order valence-electron chi connectivity index (χ2n) is 4.09. The third-order valence-corrected chi connectivity index (χ3v) is 2.93. The lowest BCUT2D eigenvalue weighted by Gasteiger charge is -2.00. The van der Waals surface area contributed by atoms with Crippen molar-refractivity contribution in [3.8, 4) is 0 Å². The normalized spacial score (nSPS) is 26.0. The van der Waals surface area contributed by atoms with Crippen LogP contribution in [0, 0.1) is 12.8 Å². The first-order valence-electron chi connectivity index (χ1n) is 5.08. The molecule has 1 heteroatoms. The Morgan fingerprint density at radius 2 is 2.31 bits per heavy atom. The van der Waals surface area contributed by atoms with E-state index in [2.05, 4.69) is 31.2 Å². The first-order chi connectivity index (χ1) is 6.31. The molecule has 70 valence electrons. The largest absolute Gasteiger partial charge is 0.330 e. The quantitative estimate of drug-likeness (QED) is 0.750. The zero-order valence-corrected chi connectivity index (χ0v) is 8.16. The van der Waals surface area contributed by atoms with Crippen molar-refractivity contribution in [3.05, 3.63) is 35.4 Å². The van der Waals surface area contributed by atoms with Crippen LogP contribution in [0.4, 0.5) is 0 Å². The molecule has 0 bridgehead atoms. The Labute approximate surface area is 80.0 Å². The predicted molar refractivity (Wildman–Crippen MR) is 55.7 cm³/mol. The van der Waals surface area contributed by atoms with Crippen LogP contribution in [0.5, 0.6) is 0 Å². The van der Waals surface area contributed by atoms with E-state index in [1.54, 1.807) is 0 Å². The third kappa shape index (κ3) is 1.92. The van der Waals surface area contributed by atoms with E-state index >= 15 is 0 Å². The summed E-state index contributed by atoms with van der Waals surface area (Å²) in [5.41, 5.74) is 8.42. The highest BCUT2D eigenvalue weighted by atomic mass is 14.5. The summed E-state index contributed by atoms with van der Waals surface area (Å²) in [7, 11) is 0. The SMILES string of the molecule is Cc1cccc(C2CC2CCN)c1. The van der Waals surface area contributed by atoms with Crippen LogP contribution >= 0.6 is 0 Å². The highest BCUT2D eigenvalue weighted by Gasteiger charge is 2.36. The molecular formula is C12H17N. The minimum Gasteiger partial charge on any atom is -0.330 e. The fourth-order valence-electron chi connectivity index (χ4n) is 2.09. The maximum atomic E-state index is 5.54. The minimum atomic E-state index is 0.809. The number of hydrogen-bond donors (Lipinski definition) is 1. The molecule has 0 heterocycles. The highest BCUT2D eigenvalue weighted by molar-refractivity contribution is 5.29. The molecule has 1 fully saturated rings. The highest BCUT2D eigenvalue weighted by Crippen LogP contribution is 2.49. The summed E-state index contributed by atoms with van der Waals surface area (Å²) in [6, 6.07) is 8.86. The van der Waals surface area contributed by atoms with Gasteiger partial charge in [-0.05, 0) is 43.7 Å². The summed E-state index contributed by atoms with van der Waals surface area (Å²) >= 11 is 0. The molecule has 0 aliphatic heterocycles. The van der Waals surface area contributed by atoms with Gasteiger partial charge in [-0.3, -0.25) is 0 Å². The summed E-state index contributed by atoms with van der Waals surface area (Å²) < 4.78 is 0. The molecule has 2 N–H and O–H groups in total. The molecule has 0 spiro atoms. The first-order valence-corrected chi connectivity index (χ1v) is 5.08. The van der Waals surface area contributed by atoms with Gasteiger partial charge in [0.2, 0.25) is 0 Å². The van der Waals surface area contributed by atoms with Gasteiger partial charge in [0, 0.05) is 0 Å². The average molecular weight is 175 g/mol. The van der Waals surface area contributed by atoms with Gasteiger partial charge in [0.15, 0.2) is 0 Å². The van der Waals surface area contributed by atoms with E-state index in [1.807, 2.05) is 0 Å². The number of benzene rings is 1. The van der Waals surface area contributed by atoms with Crippen molar-refractivity contribution in [1.29, 1.82) is 0 Å². The van der Waals surface area contributed by atoms with E-state index in [0.717, 1.165) is 18.4 Å². The average Bonchev–Trinajstić information content (AvgIpc) is 2.85. The van der Waals surface area contributed by atoms with E-state index < -0.39 is 0 Å². The van der Waals surface area contributed by atoms with Crippen LogP contribution < -0.4 is 5.73 Å². The summed E-state index contributed by atoms with van der Waals surface area (Å²) in [5, 5.41) is 0. The zero-order chi connectivity index (χ0) is 9.26. The van der Waals surface area contributed by atoms with E-state index in [0.29, 0.717) is 0 Å². The maximum Gasteiger partial charge on any atom is -0.00744 e. The second kappa shape index (κ2) is 3.51. The van der Waals surface area contributed by atoms with Crippen molar-refractivity contribution >= 4 is 0 Å². The molecule has 0 radical (unpaired) electrons. The molecule has 13 heavy (non-hydrogen) atoms. The van der Waals surface area contributed by atoms with E-state index in [9.17, 15) is 0 Å². The van der Waals surface area contributed by atoms with Gasteiger partial charge in [-0.2, -0.15) is 0 Å². The molecule has 0 aromatic heterocycles. The van der Waals surface area contributed by atoms with E-state index in [-0.39, 0.29) is 0 Å². The van der Waals surface area contributed by atoms with Gasteiger partial charge in [0.1, 0.15) is 0 Å². The Morgan fingerprint density at radius 1 is 1.46 bits per heavy atom. The second-order valence-corrected chi connectivity index (χ2v) is 4.09. The summed E-state index contributed by atoms with van der Waals surface area (Å²) in [6.07, 6.45) is 2.54. The first kappa shape index (κ1) is 8.76. The Morgan fingerprint density at radius 3 is 3.00 bits per heavy atom. The standard InChI is InChI=1S/C12H17N/c1-9-3-2-4-10(7-9)12-8-11(12)5-6-13/h2-4,7,11-12H,5-6,8,13H2,1H3. The molecule has 0 saturated heterocycles. The zero-order valence-electron chi connectivity index (χ0n) is 8.16. The predicted octanol–water partition coefficient (Wildman–Crippen LogP) is 2.45. The summed E-state index contributed by atoms with van der Waals surface area (Å²) in [6.45, 7) is 3.00. The monoisotopic (exact) mass is 175 g/mol. The van der Waals surface area contributed by atoms with Gasteiger partial charge in [0.05, 0.1) is 0 Å². The number of nitrogens with two attached hydrogens (primary N) is 1. The van der Waals surface area contributed by atoms with Crippen molar-refractivity contribution < 1.29 is 0 Å². The fraction of sp³-hybridized carbons (Fsp3) is 0.500. The van der Waals surface area contributed by atoms with Crippen molar-refractivity contribution in [3.63, 3.8) is 0 Å². The van der Waals surface area contributed by atoms with Crippen LogP contribution in [0.2, 0.25) is 0 Å². The molecule has 1 aliphatic carbocycles. The van der Waals surface area contributed by atoms with Crippen LogP contribution in [-0.4, -0.2) is 6.54 Å². The van der Waals surface area contributed by atoms with Crippen molar-refractivity contribution in [1.82, 2.24) is 0 Å². The van der Waals surface area contributed by atoms with E-state index in [4.69, 9.17) is 5.73 Å². The van der Waals surface area contributed by atoms with Crippen molar-refractivity contribution in [2.24, 2.45) is 11.7 Å². The lowest BCUT2D eigenvalue weighted by atomic mass is 10.1. The molecule has 1 nitrogen and oxygen atoms in total. The van der Waals surface area contributed by atoms with Crippen LogP contribution in [-0.2, 0) is 0 Å². The number of aryl methyl sites for hydroxylation is 1. The minimum absolute atomic E-state index is 0.809. The lowest BCUT2D eigenvalue weighted by molar-refractivity contribution is 0.715.